The average Bonchev–Trinajstić information content (AvgIpc) is 2.02. The van der Waals surface area contributed by atoms with Gasteiger partial charge in [-0.3, -0.25) is 0 Å². The fraction of sp³-hybridized carbons (Fsp3) is 0.125. The Labute approximate surface area is 91.8 Å². The Kier molecular flexibility index (Phi) is 3.25. The topological polar surface area (TPSA) is 46.5 Å². The van der Waals surface area contributed by atoms with E-state index in [0.29, 0.717) is 3.57 Å². The molecule has 14 heavy (non-hydrogen) atoms. The van der Waals surface area contributed by atoms with Crippen molar-refractivity contribution in [1.29, 1.82) is 0 Å². The summed E-state index contributed by atoms with van der Waals surface area (Å²) in [5.74, 6) is -2.49. The third kappa shape index (κ3) is 2.79. The van der Waals surface area contributed by atoms with Crippen molar-refractivity contribution >= 4 is 28.6 Å². The highest BCUT2D eigenvalue weighted by atomic mass is 127. The minimum atomic E-state index is -4.19. The van der Waals surface area contributed by atoms with E-state index in [2.05, 4.69) is 4.74 Å². The lowest BCUT2D eigenvalue weighted by Gasteiger charge is -2.12. The molecule has 0 aromatic heterocycles. The molecule has 0 saturated heterocycles. The van der Waals surface area contributed by atoms with E-state index in [4.69, 9.17) is 5.11 Å². The number of halogens is 3. The molecule has 0 amide bonds. The maximum absolute atomic E-state index is 12.5. The zero-order chi connectivity index (χ0) is 10.8. The van der Waals surface area contributed by atoms with Crippen molar-refractivity contribution < 1.29 is 23.4 Å². The summed E-state index contributed by atoms with van der Waals surface area (Å²) in [4.78, 5) is 10.0. The predicted octanol–water partition coefficient (Wildman–Crippen LogP) is 2.35. The molecule has 0 aliphatic carbocycles. The molecule has 1 aromatic carbocycles. The van der Waals surface area contributed by atoms with Gasteiger partial charge >= 0.3 is 12.1 Å². The second-order valence-electron chi connectivity index (χ2n) is 2.38. The molecule has 0 heterocycles. The lowest BCUT2D eigenvalue weighted by Crippen LogP contribution is -2.34. The molecule has 3 nitrogen and oxygen atoms in total. The van der Waals surface area contributed by atoms with Crippen LogP contribution >= 0.6 is 22.6 Å². The van der Waals surface area contributed by atoms with E-state index in [0.717, 1.165) is 0 Å². The summed E-state index contributed by atoms with van der Waals surface area (Å²) in [6.45, 7) is 0. The third-order valence-corrected chi connectivity index (χ3v) is 1.96. The Morgan fingerprint density at radius 1 is 1.50 bits per heavy atom. The number of carboxylic acid groups (broad SMARTS) is 1. The zero-order valence-electron chi connectivity index (χ0n) is 6.71. The van der Waals surface area contributed by atoms with Crippen molar-refractivity contribution in [1.82, 2.24) is 0 Å². The van der Waals surface area contributed by atoms with Crippen molar-refractivity contribution in [2.75, 3.05) is 0 Å². The van der Waals surface area contributed by atoms with Crippen molar-refractivity contribution in [2.24, 2.45) is 0 Å². The van der Waals surface area contributed by atoms with Crippen LogP contribution in [-0.4, -0.2) is 17.2 Å². The van der Waals surface area contributed by atoms with Crippen LogP contribution in [0.3, 0.4) is 0 Å². The van der Waals surface area contributed by atoms with Gasteiger partial charge in [-0.1, -0.05) is 6.07 Å². The number of benzene rings is 1. The first-order valence-electron chi connectivity index (χ1n) is 3.47. The number of carbonyl (C=O) groups is 1. The number of ether oxygens (including phenoxy) is 1. The summed E-state index contributed by atoms with van der Waals surface area (Å²) in [7, 11) is 0. The first kappa shape index (κ1) is 11.2. The molecular formula is C8H5F2IO3. The van der Waals surface area contributed by atoms with Crippen molar-refractivity contribution in [3.8, 4) is 5.75 Å². The molecule has 76 valence electrons. The predicted molar refractivity (Wildman–Crippen MR) is 52.4 cm³/mol. The van der Waals surface area contributed by atoms with E-state index < -0.39 is 12.1 Å². The lowest BCUT2D eigenvalue weighted by atomic mass is 10.3. The number of alkyl halides is 2. The van der Waals surface area contributed by atoms with Gasteiger partial charge in [-0.05, 0) is 40.8 Å². The molecule has 1 rings (SSSR count). The fourth-order valence-corrected chi connectivity index (χ4v) is 1.24. The summed E-state index contributed by atoms with van der Waals surface area (Å²) in [5, 5.41) is 8.09. The van der Waals surface area contributed by atoms with Gasteiger partial charge in [0.15, 0.2) is 0 Å². The molecule has 0 atom stereocenters. The van der Waals surface area contributed by atoms with Crippen LogP contribution in [0.2, 0.25) is 0 Å². The first-order valence-corrected chi connectivity index (χ1v) is 4.55. The smallest absolute Gasteiger partial charge is 0.474 e. The molecule has 0 spiro atoms. The Hall–Kier alpha value is -0.920. The van der Waals surface area contributed by atoms with Gasteiger partial charge in [-0.2, -0.15) is 8.78 Å². The molecule has 6 heteroatoms. The number of hydrogen-bond donors (Lipinski definition) is 1. The fourth-order valence-electron chi connectivity index (χ4n) is 0.722. The monoisotopic (exact) mass is 314 g/mol. The number of carboxylic acids is 1. The molecule has 0 aliphatic rings. The van der Waals surface area contributed by atoms with Crippen LogP contribution in [0.4, 0.5) is 8.78 Å². The summed E-state index contributed by atoms with van der Waals surface area (Å²) in [6.07, 6.45) is -4.19. The van der Waals surface area contributed by atoms with Crippen LogP contribution in [0.5, 0.6) is 5.75 Å². The van der Waals surface area contributed by atoms with Gasteiger partial charge in [-0.15, -0.1) is 0 Å². The number of rotatable bonds is 3. The average molecular weight is 314 g/mol. The van der Waals surface area contributed by atoms with Crippen LogP contribution in [0.1, 0.15) is 0 Å². The second-order valence-corrected chi connectivity index (χ2v) is 3.63. The van der Waals surface area contributed by atoms with Crippen molar-refractivity contribution in [3.05, 3.63) is 27.8 Å². The van der Waals surface area contributed by atoms with E-state index in [1.165, 1.54) is 18.2 Å². The highest BCUT2D eigenvalue weighted by Crippen LogP contribution is 2.23. The van der Waals surface area contributed by atoms with E-state index in [1.807, 2.05) is 22.6 Å². The maximum Gasteiger partial charge on any atom is 0.501 e. The lowest BCUT2D eigenvalue weighted by molar-refractivity contribution is -0.210. The van der Waals surface area contributed by atoms with Crippen LogP contribution in [-0.2, 0) is 4.79 Å². The number of aliphatic carboxylic acids is 1. The Morgan fingerprint density at radius 2 is 2.14 bits per heavy atom. The highest BCUT2D eigenvalue weighted by molar-refractivity contribution is 14.1. The molecule has 0 fully saturated rings. The minimum Gasteiger partial charge on any atom is -0.474 e. The van der Waals surface area contributed by atoms with Crippen LogP contribution in [0, 0.1) is 3.57 Å². The Morgan fingerprint density at radius 3 is 2.64 bits per heavy atom. The summed E-state index contributed by atoms with van der Waals surface area (Å²) >= 11 is 1.90. The van der Waals surface area contributed by atoms with Gasteiger partial charge in [0.05, 0.1) is 0 Å². The van der Waals surface area contributed by atoms with Crippen LogP contribution < -0.4 is 4.74 Å². The molecule has 0 bridgehead atoms. The second kappa shape index (κ2) is 4.07. The van der Waals surface area contributed by atoms with Gasteiger partial charge < -0.3 is 9.84 Å². The standard InChI is InChI=1S/C8H5F2IO3/c9-8(10,7(12)13)14-6-3-1-2-5(11)4-6/h1-4H,(H,12,13). The SMILES string of the molecule is O=C(O)C(F)(F)Oc1cccc(I)c1. The molecule has 1 aromatic rings. The first-order chi connectivity index (χ1) is 6.42. The molecule has 0 radical (unpaired) electrons. The van der Waals surface area contributed by atoms with Gasteiger partial charge in [-0.25, -0.2) is 4.79 Å². The van der Waals surface area contributed by atoms with E-state index >= 15 is 0 Å². The van der Waals surface area contributed by atoms with Gasteiger partial charge in [0.1, 0.15) is 5.75 Å². The molecule has 1 N–H and O–H groups in total. The third-order valence-electron chi connectivity index (χ3n) is 1.29. The Balaban J connectivity index is 2.83. The van der Waals surface area contributed by atoms with E-state index in [1.54, 1.807) is 6.07 Å². The summed E-state index contributed by atoms with van der Waals surface area (Å²) < 4.78 is 29.8. The maximum atomic E-state index is 12.5. The van der Waals surface area contributed by atoms with Gasteiger partial charge in [0.2, 0.25) is 0 Å². The zero-order valence-corrected chi connectivity index (χ0v) is 8.86. The summed E-state index contributed by atoms with van der Waals surface area (Å²) in [5.41, 5.74) is 0. The van der Waals surface area contributed by atoms with E-state index in [-0.39, 0.29) is 5.75 Å². The minimum absolute atomic E-state index is 0.177. The van der Waals surface area contributed by atoms with Gasteiger partial charge in [0, 0.05) is 3.57 Å². The van der Waals surface area contributed by atoms with Crippen molar-refractivity contribution in [3.63, 3.8) is 0 Å². The largest absolute Gasteiger partial charge is 0.501 e. The quantitative estimate of drug-likeness (QED) is 0.871. The van der Waals surface area contributed by atoms with E-state index in [9.17, 15) is 13.6 Å². The van der Waals surface area contributed by atoms with Crippen LogP contribution in [0.25, 0.3) is 0 Å². The normalized spacial score (nSPS) is 11.1. The molecular weight excluding hydrogens is 309 g/mol. The van der Waals surface area contributed by atoms with Crippen LogP contribution in [0.15, 0.2) is 24.3 Å². The molecule has 0 saturated carbocycles. The summed E-state index contributed by atoms with van der Waals surface area (Å²) in [6, 6.07) is 5.75. The molecule has 0 unspecified atom stereocenters. The highest BCUT2D eigenvalue weighted by Gasteiger charge is 2.42. The Bertz CT molecular complexity index is 354. The van der Waals surface area contributed by atoms with Crippen molar-refractivity contribution in [2.45, 2.75) is 6.11 Å². The number of hydrogen-bond acceptors (Lipinski definition) is 2. The molecule has 0 aliphatic heterocycles. The van der Waals surface area contributed by atoms with Gasteiger partial charge in [0.25, 0.3) is 0 Å².